The molecule has 0 radical (unpaired) electrons. The first-order valence-electron chi connectivity index (χ1n) is 9.09. The van der Waals surface area contributed by atoms with Crippen molar-refractivity contribution in [3.63, 3.8) is 0 Å². The lowest BCUT2D eigenvalue weighted by atomic mass is 10.2. The summed E-state index contributed by atoms with van der Waals surface area (Å²) in [6, 6.07) is 15.5. The van der Waals surface area contributed by atoms with Gasteiger partial charge in [-0.3, -0.25) is 4.79 Å². The van der Waals surface area contributed by atoms with Crippen LogP contribution in [0.25, 0.3) is 0 Å². The van der Waals surface area contributed by atoms with Gasteiger partial charge in [0.25, 0.3) is 5.91 Å². The maximum atomic E-state index is 12.4. The van der Waals surface area contributed by atoms with Gasteiger partial charge in [0.2, 0.25) is 0 Å². The van der Waals surface area contributed by atoms with Gasteiger partial charge in [-0.05, 0) is 86.5 Å². The highest BCUT2D eigenvalue weighted by Crippen LogP contribution is 2.36. The summed E-state index contributed by atoms with van der Waals surface area (Å²) in [5.74, 6) is -0.187. The smallest absolute Gasteiger partial charge is 0.343 e. The zero-order valence-electron chi connectivity index (χ0n) is 16.5. The number of hydrogen-bond acceptors (Lipinski definition) is 5. The molecule has 0 aliphatic carbocycles. The number of benzene rings is 3. The van der Waals surface area contributed by atoms with Gasteiger partial charge in [-0.25, -0.2) is 10.2 Å². The lowest BCUT2D eigenvalue weighted by Crippen LogP contribution is -2.24. The van der Waals surface area contributed by atoms with Crippen LogP contribution in [0.3, 0.4) is 0 Å². The minimum Gasteiger partial charge on any atom is -0.481 e. The zero-order valence-corrected chi connectivity index (χ0v) is 24.4. The molecule has 1 amide bonds. The van der Waals surface area contributed by atoms with Gasteiger partial charge in [0.05, 0.1) is 20.7 Å². The molecule has 0 aliphatic rings. The van der Waals surface area contributed by atoms with Gasteiger partial charge >= 0.3 is 5.97 Å². The summed E-state index contributed by atoms with van der Waals surface area (Å²) in [7, 11) is 0. The van der Waals surface area contributed by atoms with E-state index in [1.807, 2.05) is 0 Å². The topological polar surface area (TPSA) is 77.0 Å². The van der Waals surface area contributed by atoms with Gasteiger partial charge in [0, 0.05) is 19.0 Å². The number of nitrogens with zero attached hydrogens (tertiary/aromatic N) is 1. The van der Waals surface area contributed by atoms with Crippen LogP contribution < -0.4 is 14.9 Å². The van der Waals surface area contributed by atoms with Crippen LogP contribution in [0.15, 0.2) is 82.1 Å². The van der Waals surface area contributed by atoms with Crippen molar-refractivity contribution >= 4 is 97.7 Å². The van der Waals surface area contributed by atoms with Gasteiger partial charge in [-0.2, -0.15) is 5.10 Å². The quantitative estimate of drug-likeness (QED) is 0.119. The van der Waals surface area contributed by atoms with E-state index in [1.165, 1.54) is 6.21 Å². The molecule has 33 heavy (non-hydrogen) atoms. The van der Waals surface area contributed by atoms with E-state index in [4.69, 9.17) is 9.47 Å². The molecule has 0 aliphatic heterocycles. The molecule has 0 bridgehead atoms. The second kappa shape index (κ2) is 12.3. The summed E-state index contributed by atoms with van der Waals surface area (Å²) in [5, 5.41) is 3.95. The van der Waals surface area contributed by atoms with E-state index in [1.54, 1.807) is 54.6 Å². The first-order chi connectivity index (χ1) is 15.7. The Morgan fingerprint density at radius 2 is 1.48 bits per heavy atom. The van der Waals surface area contributed by atoms with Gasteiger partial charge in [0.1, 0.15) is 11.5 Å². The molecule has 0 atom stereocenters. The molecule has 3 aromatic rings. The van der Waals surface area contributed by atoms with Crippen LogP contribution in [0.4, 0.5) is 0 Å². The van der Waals surface area contributed by atoms with Crippen LogP contribution in [0.5, 0.6) is 11.5 Å². The third-order valence-corrected chi connectivity index (χ3v) is 6.62. The summed E-state index contributed by atoms with van der Waals surface area (Å²) in [5.41, 5.74) is 3.29. The van der Waals surface area contributed by atoms with E-state index < -0.39 is 11.9 Å². The number of ether oxygens (including phenoxy) is 2. The SMILES string of the molecule is O=C(COc1c(Br)cc(Br)cc1Br)N/N=C/c1cc(Br)ccc1OC(=O)c1ccc(Br)cc1. The van der Waals surface area contributed by atoms with Crippen molar-refractivity contribution in [1.29, 1.82) is 0 Å². The second-order valence-corrected chi connectivity index (χ2v) is 10.8. The average molecular weight is 769 g/mol. The fraction of sp³-hybridized carbons (Fsp3) is 0.0455. The normalized spacial score (nSPS) is 10.8. The lowest BCUT2D eigenvalue weighted by molar-refractivity contribution is -0.123. The summed E-state index contributed by atoms with van der Waals surface area (Å²) in [6.07, 6.45) is 1.39. The van der Waals surface area contributed by atoms with Crippen LogP contribution in [0.1, 0.15) is 15.9 Å². The number of nitrogens with one attached hydrogen (secondary N) is 1. The molecule has 170 valence electrons. The third-order valence-electron chi connectivity index (χ3n) is 3.96. The highest BCUT2D eigenvalue weighted by atomic mass is 79.9. The van der Waals surface area contributed by atoms with Crippen molar-refractivity contribution in [3.05, 3.63) is 88.1 Å². The molecule has 6 nitrogen and oxygen atoms in total. The Morgan fingerprint density at radius 3 is 2.15 bits per heavy atom. The molecule has 11 heteroatoms. The second-order valence-electron chi connectivity index (χ2n) is 6.36. The Bertz CT molecular complexity index is 1190. The number of halogens is 5. The van der Waals surface area contributed by atoms with Crippen molar-refractivity contribution in [2.24, 2.45) is 5.10 Å². The number of carbonyl (C=O) groups excluding carboxylic acids is 2. The van der Waals surface area contributed by atoms with Crippen LogP contribution in [0.2, 0.25) is 0 Å². The molecular formula is C22H13Br5N2O4. The Morgan fingerprint density at radius 1 is 0.848 bits per heavy atom. The Labute approximate surface area is 231 Å². The molecule has 0 saturated heterocycles. The van der Waals surface area contributed by atoms with E-state index in [2.05, 4.69) is 90.2 Å². The Kier molecular flexibility index (Phi) is 9.69. The van der Waals surface area contributed by atoms with Crippen molar-refractivity contribution < 1.29 is 19.1 Å². The minimum atomic E-state index is -0.512. The highest BCUT2D eigenvalue weighted by Gasteiger charge is 2.13. The van der Waals surface area contributed by atoms with Gasteiger partial charge in [-0.1, -0.05) is 47.8 Å². The number of rotatable bonds is 7. The summed E-state index contributed by atoms with van der Waals surface area (Å²) in [6.45, 7) is -0.250. The molecule has 0 unspecified atom stereocenters. The van der Waals surface area contributed by atoms with Crippen LogP contribution >= 0.6 is 79.6 Å². The van der Waals surface area contributed by atoms with Crippen LogP contribution in [0, 0.1) is 0 Å². The van der Waals surface area contributed by atoms with Gasteiger partial charge in [0.15, 0.2) is 6.61 Å². The number of hydrazone groups is 1. The molecule has 3 aromatic carbocycles. The molecular weight excluding hydrogens is 756 g/mol. The Hall–Kier alpha value is -1.53. The average Bonchev–Trinajstić information content (AvgIpc) is 2.75. The van der Waals surface area contributed by atoms with E-state index in [9.17, 15) is 9.59 Å². The highest BCUT2D eigenvalue weighted by molar-refractivity contribution is 9.11. The molecule has 0 spiro atoms. The maximum Gasteiger partial charge on any atom is 0.343 e. The molecule has 0 aromatic heterocycles. The summed E-state index contributed by atoms with van der Waals surface area (Å²) >= 11 is 16.9. The number of amides is 1. The molecule has 0 fully saturated rings. The van der Waals surface area contributed by atoms with Crippen LogP contribution in [-0.4, -0.2) is 24.7 Å². The van der Waals surface area contributed by atoms with E-state index in [0.717, 1.165) is 13.4 Å². The molecule has 1 N–H and O–H groups in total. The van der Waals surface area contributed by atoms with Crippen molar-refractivity contribution in [1.82, 2.24) is 5.43 Å². The van der Waals surface area contributed by atoms with Crippen LogP contribution in [-0.2, 0) is 4.79 Å². The summed E-state index contributed by atoms with van der Waals surface area (Å²) < 4.78 is 14.9. The molecule has 0 heterocycles. The number of hydrogen-bond donors (Lipinski definition) is 1. The fourth-order valence-electron chi connectivity index (χ4n) is 2.47. The van der Waals surface area contributed by atoms with Crippen molar-refractivity contribution in [2.75, 3.05) is 6.61 Å². The summed E-state index contributed by atoms with van der Waals surface area (Å²) in [4.78, 5) is 24.6. The lowest BCUT2D eigenvalue weighted by Gasteiger charge is -2.10. The van der Waals surface area contributed by atoms with E-state index >= 15 is 0 Å². The first kappa shape index (κ1) is 26.1. The molecule has 0 saturated carbocycles. The Balaban J connectivity index is 1.63. The maximum absolute atomic E-state index is 12.4. The van der Waals surface area contributed by atoms with E-state index in [0.29, 0.717) is 31.6 Å². The monoisotopic (exact) mass is 764 g/mol. The van der Waals surface area contributed by atoms with Gasteiger partial charge < -0.3 is 9.47 Å². The molecule has 3 rings (SSSR count). The zero-order chi connectivity index (χ0) is 24.0. The number of carbonyl (C=O) groups is 2. The largest absolute Gasteiger partial charge is 0.481 e. The van der Waals surface area contributed by atoms with E-state index in [-0.39, 0.29) is 6.61 Å². The third kappa shape index (κ3) is 7.74. The fourth-order valence-corrected chi connectivity index (χ4v) is 5.60. The predicted octanol–water partition coefficient (Wildman–Crippen LogP) is 7.25. The first-order valence-corrected chi connectivity index (χ1v) is 13.1. The standard InChI is InChI=1S/C22H13Br5N2O4/c23-14-3-1-12(2-4-14)22(31)33-19-6-5-15(24)7-13(19)10-28-29-20(30)11-32-21-17(26)8-16(25)9-18(21)27/h1-10H,11H2,(H,29,30)/b28-10+. The van der Waals surface area contributed by atoms with Gasteiger partial charge in [-0.15, -0.1) is 0 Å². The predicted molar refractivity (Wildman–Crippen MR) is 144 cm³/mol. The number of esters is 1. The minimum absolute atomic E-state index is 0.250. The van der Waals surface area contributed by atoms with Crippen molar-refractivity contribution in [3.8, 4) is 11.5 Å². The van der Waals surface area contributed by atoms with Crippen molar-refractivity contribution in [2.45, 2.75) is 0 Å².